The molecule has 0 saturated carbocycles. The SMILES string of the molecule is NC1CCCc2nc(C3CCCc4ccccc43)sc21. The smallest absolute Gasteiger partial charge is 0.101 e. The van der Waals surface area contributed by atoms with Gasteiger partial charge in [-0.1, -0.05) is 24.3 Å². The number of rotatable bonds is 1. The third-order valence-electron chi connectivity index (χ3n) is 4.68. The first kappa shape index (κ1) is 12.5. The monoisotopic (exact) mass is 284 g/mol. The maximum absolute atomic E-state index is 6.25. The van der Waals surface area contributed by atoms with Crippen LogP contribution in [0.25, 0.3) is 0 Å². The Morgan fingerprint density at radius 3 is 2.85 bits per heavy atom. The molecular weight excluding hydrogens is 264 g/mol. The van der Waals surface area contributed by atoms with Crippen LogP contribution in [0.3, 0.4) is 0 Å². The molecule has 20 heavy (non-hydrogen) atoms. The Morgan fingerprint density at radius 2 is 1.95 bits per heavy atom. The molecule has 0 bridgehead atoms. The summed E-state index contributed by atoms with van der Waals surface area (Å²) >= 11 is 1.88. The molecule has 3 heteroatoms. The number of benzene rings is 1. The molecule has 1 aromatic carbocycles. The zero-order chi connectivity index (χ0) is 13.5. The van der Waals surface area contributed by atoms with E-state index in [1.165, 1.54) is 52.4 Å². The maximum atomic E-state index is 6.25. The van der Waals surface area contributed by atoms with E-state index in [1.54, 1.807) is 0 Å². The zero-order valence-corrected chi connectivity index (χ0v) is 12.5. The van der Waals surface area contributed by atoms with E-state index in [1.807, 2.05) is 11.3 Å². The van der Waals surface area contributed by atoms with Gasteiger partial charge in [-0.25, -0.2) is 4.98 Å². The molecule has 0 aliphatic heterocycles. The lowest BCUT2D eigenvalue weighted by molar-refractivity contribution is 0.570. The summed E-state index contributed by atoms with van der Waals surface area (Å²) in [6.45, 7) is 0. The van der Waals surface area contributed by atoms with E-state index in [-0.39, 0.29) is 6.04 Å². The quantitative estimate of drug-likeness (QED) is 0.861. The Morgan fingerprint density at radius 1 is 1.10 bits per heavy atom. The predicted molar refractivity (Wildman–Crippen MR) is 83.2 cm³/mol. The van der Waals surface area contributed by atoms with Gasteiger partial charge in [0.25, 0.3) is 0 Å². The molecular formula is C17H20N2S. The molecule has 0 saturated heterocycles. The van der Waals surface area contributed by atoms with Crippen molar-refractivity contribution in [2.45, 2.75) is 50.5 Å². The number of nitrogens with zero attached hydrogens (tertiary/aromatic N) is 1. The molecule has 2 N–H and O–H groups in total. The molecule has 0 spiro atoms. The van der Waals surface area contributed by atoms with Crippen molar-refractivity contribution in [1.29, 1.82) is 0 Å². The molecule has 4 rings (SSSR count). The first-order valence-corrected chi connectivity index (χ1v) is 8.47. The Hall–Kier alpha value is -1.19. The van der Waals surface area contributed by atoms with Crippen molar-refractivity contribution in [3.8, 4) is 0 Å². The summed E-state index contributed by atoms with van der Waals surface area (Å²) in [5.74, 6) is 0.503. The summed E-state index contributed by atoms with van der Waals surface area (Å²) in [6.07, 6.45) is 7.16. The molecule has 0 fully saturated rings. The third kappa shape index (κ3) is 2.00. The van der Waals surface area contributed by atoms with Crippen LogP contribution >= 0.6 is 11.3 Å². The fraction of sp³-hybridized carbons (Fsp3) is 0.471. The number of aryl methyl sites for hydroxylation is 2. The van der Waals surface area contributed by atoms with E-state index in [4.69, 9.17) is 10.7 Å². The van der Waals surface area contributed by atoms with Crippen molar-refractivity contribution in [2.24, 2.45) is 5.73 Å². The number of hydrogen-bond donors (Lipinski definition) is 1. The van der Waals surface area contributed by atoms with Gasteiger partial charge in [-0.2, -0.15) is 0 Å². The minimum absolute atomic E-state index is 0.226. The van der Waals surface area contributed by atoms with Gasteiger partial charge in [-0.05, 0) is 49.7 Å². The Balaban J connectivity index is 1.76. The van der Waals surface area contributed by atoms with Crippen molar-refractivity contribution >= 4 is 11.3 Å². The molecule has 0 radical (unpaired) electrons. The van der Waals surface area contributed by atoms with Crippen molar-refractivity contribution in [3.63, 3.8) is 0 Å². The van der Waals surface area contributed by atoms with Crippen molar-refractivity contribution < 1.29 is 0 Å². The highest BCUT2D eigenvalue weighted by Crippen LogP contribution is 2.41. The lowest BCUT2D eigenvalue weighted by atomic mass is 9.83. The second kappa shape index (κ2) is 4.97. The van der Waals surface area contributed by atoms with E-state index in [0.717, 1.165) is 12.8 Å². The first-order chi connectivity index (χ1) is 9.83. The molecule has 2 atom stereocenters. The molecule has 2 aliphatic carbocycles. The van der Waals surface area contributed by atoms with Crippen LogP contribution in [-0.4, -0.2) is 4.98 Å². The van der Waals surface area contributed by atoms with Crippen LogP contribution in [0.1, 0.15) is 64.3 Å². The normalized spacial score (nSPS) is 25.1. The van der Waals surface area contributed by atoms with Crippen molar-refractivity contribution in [1.82, 2.24) is 4.98 Å². The summed E-state index contributed by atoms with van der Waals surface area (Å²) in [5.41, 5.74) is 10.6. The number of thiazole rings is 1. The first-order valence-electron chi connectivity index (χ1n) is 7.66. The highest BCUT2D eigenvalue weighted by atomic mass is 32.1. The number of fused-ring (bicyclic) bond motifs is 2. The molecule has 0 amide bonds. The average molecular weight is 284 g/mol. The molecule has 2 nitrogen and oxygen atoms in total. The van der Waals surface area contributed by atoms with Gasteiger partial charge >= 0.3 is 0 Å². The minimum atomic E-state index is 0.226. The van der Waals surface area contributed by atoms with Crippen molar-refractivity contribution in [2.75, 3.05) is 0 Å². The summed E-state index contributed by atoms with van der Waals surface area (Å²) in [4.78, 5) is 6.32. The van der Waals surface area contributed by atoms with Crippen LogP contribution in [0.5, 0.6) is 0 Å². The van der Waals surface area contributed by atoms with Gasteiger partial charge in [-0.15, -0.1) is 11.3 Å². The second-order valence-electron chi connectivity index (χ2n) is 6.01. The lowest BCUT2D eigenvalue weighted by Crippen LogP contribution is -2.15. The third-order valence-corrected chi connectivity index (χ3v) is 6.02. The molecule has 1 heterocycles. The van der Waals surface area contributed by atoms with Gasteiger partial charge in [0, 0.05) is 16.8 Å². The topological polar surface area (TPSA) is 38.9 Å². The molecule has 2 unspecified atom stereocenters. The van der Waals surface area contributed by atoms with E-state index in [0.29, 0.717) is 5.92 Å². The van der Waals surface area contributed by atoms with Crippen molar-refractivity contribution in [3.05, 3.63) is 51.0 Å². The van der Waals surface area contributed by atoms with Gasteiger partial charge in [0.2, 0.25) is 0 Å². The van der Waals surface area contributed by atoms with Gasteiger partial charge in [0.1, 0.15) is 5.01 Å². The Bertz CT molecular complexity index is 632. The Labute approximate surface area is 124 Å². The molecule has 104 valence electrons. The summed E-state index contributed by atoms with van der Waals surface area (Å²) in [5, 5.41) is 1.31. The fourth-order valence-electron chi connectivity index (χ4n) is 3.63. The van der Waals surface area contributed by atoms with Gasteiger partial charge in [0.15, 0.2) is 0 Å². The average Bonchev–Trinajstić information content (AvgIpc) is 2.92. The van der Waals surface area contributed by atoms with Crippen LogP contribution in [0.15, 0.2) is 24.3 Å². The van der Waals surface area contributed by atoms with E-state index in [9.17, 15) is 0 Å². The van der Waals surface area contributed by atoms with Crippen LogP contribution < -0.4 is 5.73 Å². The van der Waals surface area contributed by atoms with Crippen LogP contribution in [-0.2, 0) is 12.8 Å². The number of aromatic nitrogens is 1. The highest BCUT2D eigenvalue weighted by Gasteiger charge is 2.28. The predicted octanol–water partition coefficient (Wildman–Crippen LogP) is 3.95. The summed E-state index contributed by atoms with van der Waals surface area (Å²) in [6, 6.07) is 9.12. The standard InChI is InChI=1S/C17H20N2S/c18-14-9-4-10-15-16(14)20-17(19-15)13-8-3-6-11-5-1-2-7-12(11)13/h1-2,5,7,13-14H,3-4,6,8-10,18H2. The Kier molecular flexibility index (Phi) is 3.12. The summed E-state index contributed by atoms with van der Waals surface area (Å²) in [7, 11) is 0. The van der Waals surface area contributed by atoms with Gasteiger partial charge in [-0.3, -0.25) is 0 Å². The zero-order valence-electron chi connectivity index (χ0n) is 11.6. The molecule has 2 aliphatic rings. The van der Waals surface area contributed by atoms with Crippen LogP contribution in [0.4, 0.5) is 0 Å². The summed E-state index contributed by atoms with van der Waals surface area (Å²) < 4.78 is 0. The van der Waals surface area contributed by atoms with Crippen LogP contribution in [0, 0.1) is 0 Å². The largest absolute Gasteiger partial charge is 0.323 e. The van der Waals surface area contributed by atoms with E-state index >= 15 is 0 Å². The maximum Gasteiger partial charge on any atom is 0.101 e. The molecule has 2 aromatic rings. The van der Waals surface area contributed by atoms with E-state index < -0.39 is 0 Å². The van der Waals surface area contributed by atoms with Crippen LogP contribution in [0.2, 0.25) is 0 Å². The van der Waals surface area contributed by atoms with E-state index in [2.05, 4.69) is 24.3 Å². The minimum Gasteiger partial charge on any atom is -0.323 e. The second-order valence-corrected chi connectivity index (χ2v) is 7.07. The highest BCUT2D eigenvalue weighted by molar-refractivity contribution is 7.12. The van der Waals surface area contributed by atoms with Gasteiger partial charge in [0.05, 0.1) is 5.69 Å². The number of nitrogens with two attached hydrogens (primary N) is 1. The number of hydrogen-bond acceptors (Lipinski definition) is 3. The fourth-order valence-corrected chi connectivity index (χ4v) is 4.93. The lowest BCUT2D eigenvalue weighted by Gasteiger charge is -2.23. The molecule has 1 aromatic heterocycles. The van der Waals surface area contributed by atoms with Gasteiger partial charge < -0.3 is 5.73 Å².